The lowest BCUT2D eigenvalue weighted by atomic mass is 9.90. The van der Waals surface area contributed by atoms with Gasteiger partial charge in [0.05, 0.1) is 22.3 Å². The summed E-state index contributed by atoms with van der Waals surface area (Å²) in [6.07, 6.45) is -20.7. The Morgan fingerprint density at radius 2 is 0.771 bits per heavy atom. The number of hydrogen-bond donors (Lipinski definition) is 0. The Balaban J connectivity index is 2.28. The summed E-state index contributed by atoms with van der Waals surface area (Å²) in [5.74, 6) is 0. The van der Waals surface area contributed by atoms with Crippen molar-refractivity contribution in [3.8, 4) is 22.3 Å². The van der Waals surface area contributed by atoms with Gasteiger partial charge in [-0.2, -0.15) is 52.7 Å². The zero-order valence-electron chi connectivity index (χ0n) is 17.2. The van der Waals surface area contributed by atoms with Gasteiger partial charge in [0.2, 0.25) is 0 Å². The summed E-state index contributed by atoms with van der Waals surface area (Å²) in [6, 6.07) is 4.72. The van der Waals surface area contributed by atoms with Crippen LogP contribution in [-0.4, -0.2) is 0 Å². The summed E-state index contributed by atoms with van der Waals surface area (Å²) in [7, 11) is 0. The average Bonchev–Trinajstić information content (AvgIpc) is 2.70. The van der Waals surface area contributed by atoms with E-state index in [0.717, 1.165) is 18.2 Å². The summed E-state index contributed by atoms with van der Waals surface area (Å²) in [6.45, 7) is 1.31. The van der Waals surface area contributed by atoms with E-state index in [9.17, 15) is 52.7 Å². The smallest absolute Gasteiger partial charge is 0.166 e. The standard InChI is InChI=1S/C23H12F12/c1-11-6-12(16-4-2-14(20(24,25)26)9-18(16)22(30,31)32)8-13(7-11)17-5-3-15(21(27,28)29)10-19(17)23(33,34)35/h2-10H,1H3. The minimum Gasteiger partial charge on any atom is -0.166 e. The number of benzene rings is 3. The lowest BCUT2D eigenvalue weighted by molar-refractivity contribution is -0.144. The fraction of sp³-hybridized carbons (Fsp3) is 0.217. The van der Waals surface area contributed by atoms with Crippen LogP contribution in [0.3, 0.4) is 0 Å². The second-order valence-electron chi connectivity index (χ2n) is 7.60. The van der Waals surface area contributed by atoms with E-state index in [0.29, 0.717) is 24.3 Å². The summed E-state index contributed by atoms with van der Waals surface area (Å²) in [4.78, 5) is 0. The molecule has 0 saturated carbocycles. The third-order valence-electron chi connectivity index (χ3n) is 5.00. The van der Waals surface area contributed by atoms with E-state index >= 15 is 0 Å². The van der Waals surface area contributed by atoms with Crippen LogP contribution in [-0.2, 0) is 24.7 Å². The first-order valence-electron chi connectivity index (χ1n) is 9.48. The zero-order valence-corrected chi connectivity index (χ0v) is 17.2. The van der Waals surface area contributed by atoms with Crippen molar-refractivity contribution in [3.63, 3.8) is 0 Å². The molecule has 0 aliphatic rings. The van der Waals surface area contributed by atoms with Crippen LogP contribution < -0.4 is 0 Å². The van der Waals surface area contributed by atoms with E-state index in [-0.39, 0.29) is 28.8 Å². The normalized spacial score (nSPS) is 13.3. The van der Waals surface area contributed by atoms with Crippen molar-refractivity contribution in [1.29, 1.82) is 0 Å². The van der Waals surface area contributed by atoms with Crippen molar-refractivity contribution in [1.82, 2.24) is 0 Å². The molecule has 0 nitrogen and oxygen atoms in total. The van der Waals surface area contributed by atoms with Gasteiger partial charge >= 0.3 is 24.7 Å². The number of rotatable bonds is 2. The quantitative estimate of drug-likeness (QED) is 0.298. The van der Waals surface area contributed by atoms with Crippen molar-refractivity contribution < 1.29 is 52.7 Å². The molecule has 0 aliphatic carbocycles. The lowest BCUT2D eigenvalue weighted by Crippen LogP contribution is -2.12. The van der Waals surface area contributed by atoms with E-state index in [1.54, 1.807) is 0 Å². The van der Waals surface area contributed by atoms with Crippen LogP contribution >= 0.6 is 0 Å². The Hall–Kier alpha value is -3.18. The number of aryl methyl sites for hydroxylation is 1. The van der Waals surface area contributed by atoms with Crippen LogP contribution in [0.4, 0.5) is 52.7 Å². The van der Waals surface area contributed by atoms with Gasteiger partial charge in [-0.15, -0.1) is 0 Å². The molecule has 0 spiro atoms. The molecule has 0 radical (unpaired) electrons. The third kappa shape index (κ3) is 5.73. The molecule has 0 aliphatic heterocycles. The maximum absolute atomic E-state index is 13.6. The monoisotopic (exact) mass is 516 g/mol. The SMILES string of the molecule is Cc1cc(-c2ccc(C(F)(F)F)cc2C(F)(F)F)cc(-c2ccc(C(F)(F)F)cc2C(F)(F)F)c1. The summed E-state index contributed by atoms with van der Waals surface area (Å²) in [5, 5.41) is 0. The fourth-order valence-electron chi connectivity index (χ4n) is 3.51. The Morgan fingerprint density at radius 3 is 1.06 bits per heavy atom. The van der Waals surface area contributed by atoms with Crippen molar-refractivity contribution in [3.05, 3.63) is 82.4 Å². The van der Waals surface area contributed by atoms with Crippen LogP contribution in [0.5, 0.6) is 0 Å². The molecule has 0 fully saturated rings. The Morgan fingerprint density at radius 1 is 0.429 bits per heavy atom. The summed E-state index contributed by atoms with van der Waals surface area (Å²) >= 11 is 0. The van der Waals surface area contributed by atoms with Crippen molar-refractivity contribution in [2.24, 2.45) is 0 Å². The molecular formula is C23H12F12. The van der Waals surface area contributed by atoms with E-state index in [2.05, 4.69) is 0 Å². The molecule has 0 heterocycles. The summed E-state index contributed by atoms with van der Waals surface area (Å²) < 4.78 is 159. The zero-order chi connectivity index (χ0) is 26.6. The van der Waals surface area contributed by atoms with Crippen LogP contribution in [0.25, 0.3) is 22.3 Å². The van der Waals surface area contributed by atoms with Gasteiger partial charge < -0.3 is 0 Å². The molecule has 0 unspecified atom stereocenters. The van der Waals surface area contributed by atoms with Crippen LogP contribution in [0.2, 0.25) is 0 Å². The van der Waals surface area contributed by atoms with E-state index in [1.807, 2.05) is 0 Å². The molecule has 12 heteroatoms. The molecule has 0 bridgehead atoms. The van der Waals surface area contributed by atoms with Crippen LogP contribution in [0.1, 0.15) is 27.8 Å². The van der Waals surface area contributed by atoms with Gasteiger partial charge in [-0.1, -0.05) is 24.3 Å². The highest BCUT2D eigenvalue weighted by atomic mass is 19.4. The Labute approximate surface area is 189 Å². The molecule has 0 atom stereocenters. The first-order chi connectivity index (χ1) is 15.8. The summed E-state index contributed by atoms with van der Waals surface area (Å²) in [5.41, 5.74) is -8.60. The first-order valence-corrected chi connectivity index (χ1v) is 9.48. The van der Waals surface area contributed by atoms with Gasteiger partial charge in [0.1, 0.15) is 0 Å². The van der Waals surface area contributed by atoms with E-state index < -0.39 is 58.1 Å². The topological polar surface area (TPSA) is 0 Å². The van der Waals surface area contributed by atoms with Gasteiger partial charge in [-0.05, 0) is 65.1 Å². The predicted molar refractivity (Wildman–Crippen MR) is 102 cm³/mol. The molecule has 3 aromatic carbocycles. The predicted octanol–water partition coefficient (Wildman–Crippen LogP) is 9.40. The molecule has 3 aromatic rings. The first kappa shape index (κ1) is 26.4. The van der Waals surface area contributed by atoms with Gasteiger partial charge in [0, 0.05) is 0 Å². The fourth-order valence-corrected chi connectivity index (χ4v) is 3.51. The molecule has 188 valence electrons. The van der Waals surface area contributed by atoms with Crippen molar-refractivity contribution in [2.75, 3.05) is 0 Å². The van der Waals surface area contributed by atoms with Crippen molar-refractivity contribution in [2.45, 2.75) is 31.6 Å². The van der Waals surface area contributed by atoms with Crippen LogP contribution in [0.15, 0.2) is 54.6 Å². The highest BCUT2D eigenvalue weighted by molar-refractivity contribution is 5.78. The Kier molecular flexibility index (Phi) is 6.41. The average molecular weight is 516 g/mol. The molecule has 3 rings (SSSR count). The molecule has 35 heavy (non-hydrogen) atoms. The maximum Gasteiger partial charge on any atom is 0.417 e. The van der Waals surface area contributed by atoms with Gasteiger partial charge in [-0.25, -0.2) is 0 Å². The highest BCUT2D eigenvalue weighted by Gasteiger charge is 2.40. The maximum atomic E-state index is 13.6. The van der Waals surface area contributed by atoms with Crippen molar-refractivity contribution >= 4 is 0 Å². The molecule has 0 amide bonds. The van der Waals surface area contributed by atoms with Crippen LogP contribution in [0, 0.1) is 6.92 Å². The Bertz CT molecular complexity index is 1150. The molecule has 0 N–H and O–H groups in total. The highest BCUT2D eigenvalue weighted by Crippen LogP contribution is 2.44. The van der Waals surface area contributed by atoms with Gasteiger partial charge in [0.25, 0.3) is 0 Å². The van der Waals surface area contributed by atoms with E-state index in [1.165, 1.54) is 6.92 Å². The number of hydrogen-bond acceptors (Lipinski definition) is 0. The minimum absolute atomic E-state index is 0.114. The van der Waals surface area contributed by atoms with Gasteiger partial charge in [-0.3, -0.25) is 0 Å². The lowest BCUT2D eigenvalue weighted by Gasteiger charge is -2.19. The molecular weight excluding hydrogens is 504 g/mol. The van der Waals surface area contributed by atoms with E-state index in [4.69, 9.17) is 0 Å². The molecule has 0 aromatic heterocycles. The second kappa shape index (κ2) is 8.49. The minimum atomic E-state index is -5.24. The second-order valence-corrected chi connectivity index (χ2v) is 7.60. The number of alkyl halides is 12. The largest absolute Gasteiger partial charge is 0.417 e. The van der Waals surface area contributed by atoms with Gasteiger partial charge in [0.15, 0.2) is 0 Å². The molecule has 0 saturated heterocycles. The third-order valence-corrected chi connectivity index (χ3v) is 5.00. The number of halogens is 12.